The molecule has 0 saturated heterocycles. The highest BCUT2D eigenvalue weighted by Gasteiger charge is 2.03. The number of benzene rings is 1. The fourth-order valence-corrected chi connectivity index (χ4v) is 2.33. The highest BCUT2D eigenvalue weighted by molar-refractivity contribution is 14.1. The Morgan fingerprint density at radius 1 is 1.53 bits per heavy atom. The maximum absolute atomic E-state index is 5.26. The number of halogens is 1. The Kier molecular flexibility index (Phi) is 3.42. The fraction of sp³-hybridized carbons (Fsp3) is 0.300. The SMILES string of the molecule is COCCn1c(=S)[nH]c2cc(I)ccc21. The molecule has 80 valence electrons. The van der Waals surface area contributed by atoms with Crippen LogP contribution in [0.25, 0.3) is 11.0 Å². The molecule has 0 radical (unpaired) electrons. The second kappa shape index (κ2) is 4.63. The van der Waals surface area contributed by atoms with Crippen LogP contribution in [-0.4, -0.2) is 23.3 Å². The van der Waals surface area contributed by atoms with E-state index in [4.69, 9.17) is 17.0 Å². The van der Waals surface area contributed by atoms with Crippen molar-refractivity contribution in [1.82, 2.24) is 9.55 Å². The van der Waals surface area contributed by atoms with Crippen LogP contribution in [-0.2, 0) is 11.3 Å². The van der Waals surface area contributed by atoms with Gasteiger partial charge in [0.1, 0.15) is 0 Å². The van der Waals surface area contributed by atoms with Gasteiger partial charge in [-0.1, -0.05) is 0 Å². The lowest BCUT2D eigenvalue weighted by molar-refractivity contribution is 0.188. The summed E-state index contributed by atoms with van der Waals surface area (Å²) < 4.78 is 9.08. The Morgan fingerprint density at radius 3 is 3.07 bits per heavy atom. The van der Waals surface area contributed by atoms with Gasteiger partial charge in [0.25, 0.3) is 0 Å². The van der Waals surface area contributed by atoms with Crippen molar-refractivity contribution in [2.45, 2.75) is 6.54 Å². The zero-order valence-electron chi connectivity index (χ0n) is 8.29. The summed E-state index contributed by atoms with van der Waals surface area (Å²) in [5, 5.41) is 0. The minimum absolute atomic E-state index is 0.674. The van der Waals surface area contributed by atoms with Crippen LogP contribution in [0.1, 0.15) is 0 Å². The van der Waals surface area contributed by atoms with Crippen molar-refractivity contribution in [2.75, 3.05) is 13.7 Å². The van der Waals surface area contributed by atoms with Crippen LogP contribution < -0.4 is 0 Å². The third kappa shape index (κ3) is 2.24. The van der Waals surface area contributed by atoms with E-state index in [-0.39, 0.29) is 0 Å². The van der Waals surface area contributed by atoms with Crippen molar-refractivity contribution in [2.24, 2.45) is 0 Å². The normalized spacial score (nSPS) is 11.1. The average Bonchev–Trinajstić information content (AvgIpc) is 2.50. The first kappa shape index (κ1) is 11.1. The Hall–Kier alpha value is -0.400. The van der Waals surface area contributed by atoms with Gasteiger partial charge in [-0.05, 0) is 53.0 Å². The van der Waals surface area contributed by atoms with Crippen molar-refractivity contribution < 1.29 is 4.74 Å². The van der Waals surface area contributed by atoms with Crippen molar-refractivity contribution >= 4 is 45.8 Å². The Morgan fingerprint density at radius 2 is 2.33 bits per heavy atom. The number of aromatic nitrogens is 2. The molecule has 0 atom stereocenters. The Bertz CT molecular complexity index is 532. The number of ether oxygens (including phenoxy) is 1. The number of aromatic amines is 1. The van der Waals surface area contributed by atoms with Gasteiger partial charge in [0, 0.05) is 17.2 Å². The predicted molar refractivity (Wildman–Crippen MR) is 71.7 cm³/mol. The molecule has 0 amide bonds. The van der Waals surface area contributed by atoms with E-state index in [0.29, 0.717) is 6.61 Å². The van der Waals surface area contributed by atoms with Crippen LogP contribution >= 0.6 is 34.8 Å². The predicted octanol–water partition coefficient (Wildman–Crippen LogP) is 2.95. The van der Waals surface area contributed by atoms with Crippen molar-refractivity contribution in [3.8, 4) is 0 Å². The summed E-state index contributed by atoms with van der Waals surface area (Å²) in [5.41, 5.74) is 2.22. The number of nitrogens with zero attached hydrogens (tertiary/aromatic N) is 1. The van der Waals surface area contributed by atoms with E-state index in [2.05, 4.69) is 50.3 Å². The standard InChI is InChI=1S/C10H11IN2OS/c1-14-5-4-13-9-3-2-7(11)6-8(9)12-10(13)15/h2-3,6H,4-5H2,1H3,(H,12,15). The van der Waals surface area contributed by atoms with Crippen molar-refractivity contribution in [3.05, 3.63) is 26.5 Å². The monoisotopic (exact) mass is 334 g/mol. The van der Waals surface area contributed by atoms with E-state index in [1.54, 1.807) is 7.11 Å². The molecule has 5 heteroatoms. The van der Waals surface area contributed by atoms with Gasteiger partial charge in [-0.2, -0.15) is 0 Å². The first-order valence-corrected chi connectivity index (χ1v) is 6.08. The second-order valence-electron chi connectivity index (χ2n) is 3.24. The van der Waals surface area contributed by atoms with Gasteiger partial charge in [0.05, 0.1) is 17.6 Å². The lowest BCUT2D eigenvalue weighted by atomic mass is 10.3. The van der Waals surface area contributed by atoms with Gasteiger partial charge in [0.15, 0.2) is 4.77 Å². The van der Waals surface area contributed by atoms with E-state index in [1.807, 2.05) is 0 Å². The number of rotatable bonds is 3. The van der Waals surface area contributed by atoms with E-state index in [1.165, 1.54) is 3.57 Å². The van der Waals surface area contributed by atoms with Crippen LogP contribution in [0.2, 0.25) is 0 Å². The van der Waals surface area contributed by atoms with Crippen LogP contribution in [0.5, 0.6) is 0 Å². The van der Waals surface area contributed by atoms with E-state index in [0.717, 1.165) is 22.3 Å². The summed E-state index contributed by atoms with van der Waals surface area (Å²) in [5.74, 6) is 0. The number of fused-ring (bicyclic) bond motifs is 1. The van der Waals surface area contributed by atoms with Crippen molar-refractivity contribution in [3.63, 3.8) is 0 Å². The largest absolute Gasteiger partial charge is 0.383 e. The molecule has 2 aromatic rings. The van der Waals surface area contributed by atoms with Gasteiger partial charge in [-0.15, -0.1) is 0 Å². The highest BCUT2D eigenvalue weighted by Crippen LogP contribution is 2.17. The highest BCUT2D eigenvalue weighted by atomic mass is 127. The van der Waals surface area contributed by atoms with Crippen LogP contribution in [0.4, 0.5) is 0 Å². The van der Waals surface area contributed by atoms with E-state index >= 15 is 0 Å². The summed E-state index contributed by atoms with van der Waals surface area (Å²) in [4.78, 5) is 3.19. The molecular formula is C10H11IN2OS. The smallest absolute Gasteiger partial charge is 0.178 e. The molecule has 3 nitrogen and oxygen atoms in total. The molecule has 0 unspecified atom stereocenters. The number of nitrogens with one attached hydrogen (secondary N) is 1. The number of hydrogen-bond acceptors (Lipinski definition) is 2. The van der Waals surface area contributed by atoms with Gasteiger partial charge < -0.3 is 14.3 Å². The fourth-order valence-electron chi connectivity index (χ4n) is 1.54. The van der Waals surface area contributed by atoms with E-state index in [9.17, 15) is 0 Å². The molecular weight excluding hydrogens is 323 g/mol. The molecule has 0 spiro atoms. The maximum atomic E-state index is 5.26. The Labute approximate surface area is 107 Å². The summed E-state index contributed by atoms with van der Waals surface area (Å²) in [6, 6.07) is 6.25. The third-order valence-electron chi connectivity index (χ3n) is 2.26. The molecule has 1 N–H and O–H groups in total. The topological polar surface area (TPSA) is 29.9 Å². The third-order valence-corrected chi connectivity index (χ3v) is 3.25. The Balaban J connectivity index is 2.53. The molecule has 0 aliphatic rings. The minimum Gasteiger partial charge on any atom is -0.383 e. The molecule has 0 saturated carbocycles. The zero-order chi connectivity index (χ0) is 10.8. The molecule has 0 fully saturated rings. The zero-order valence-corrected chi connectivity index (χ0v) is 11.3. The summed E-state index contributed by atoms with van der Waals surface area (Å²) in [6.45, 7) is 1.46. The van der Waals surface area contributed by atoms with Gasteiger partial charge in [-0.3, -0.25) is 0 Å². The van der Waals surface area contributed by atoms with Crippen LogP contribution in [0.3, 0.4) is 0 Å². The number of imidazole rings is 1. The quantitative estimate of drug-likeness (QED) is 0.691. The first-order chi connectivity index (χ1) is 7.22. The van der Waals surface area contributed by atoms with Crippen LogP contribution in [0, 0.1) is 8.34 Å². The lowest BCUT2D eigenvalue weighted by Crippen LogP contribution is -2.03. The average molecular weight is 334 g/mol. The van der Waals surface area contributed by atoms with Gasteiger partial charge in [-0.25, -0.2) is 0 Å². The molecule has 1 aromatic heterocycles. The molecule has 0 bridgehead atoms. The minimum atomic E-state index is 0.674. The molecule has 0 aliphatic heterocycles. The van der Waals surface area contributed by atoms with Gasteiger partial charge in [0.2, 0.25) is 0 Å². The molecule has 0 aliphatic carbocycles. The summed E-state index contributed by atoms with van der Waals surface area (Å²) in [7, 11) is 1.70. The van der Waals surface area contributed by atoms with Gasteiger partial charge >= 0.3 is 0 Å². The van der Waals surface area contributed by atoms with E-state index < -0.39 is 0 Å². The maximum Gasteiger partial charge on any atom is 0.178 e. The number of hydrogen-bond donors (Lipinski definition) is 1. The molecule has 2 rings (SSSR count). The summed E-state index contributed by atoms with van der Waals surface area (Å²) >= 11 is 7.55. The first-order valence-electron chi connectivity index (χ1n) is 4.59. The number of methoxy groups -OCH3 is 1. The second-order valence-corrected chi connectivity index (χ2v) is 4.87. The van der Waals surface area contributed by atoms with Crippen molar-refractivity contribution in [1.29, 1.82) is 0 Å². The lowest BCUT2D eigenvalue weighted by Gasteiger charge is -2.02. The molecule has 1 aromatic carbocycles. The summed E-state index contributed by atoms with van der Waals surface area (Å²) in [6.07, 6.45) is 0. The van der Waals surface area contributed by atoms with Crippen LogP contribution in [0.15, 0.2) is 18.2 Å². The molecule has 1 heterocycles. The molecule has 15 heavy (non-hydrogen) atoms. The number of H-pyrrole nitrogens is 1.